The van der Waals surface area contributed by atoms with Crippen molar-refractivity contribution in [3.63, 3.8) is 0 Å². The number of carbonyl (C=O) groups is 1. The first-order chi connectivity index (χ1) is 15.7. The first-order valence-electron chi connectivity index (χ1n) is 9.89. The molecule has 1 aromatic heterocycles. The monoisotopic (exact) mass is 446 g/mol. The number of amides is 1. The highest BCUT2D eigenvalue weighted by molar-refractivity contribution is 7.98. The molecule has 0 spiro atoms. The average molecular weight is 447 g/mol. The number of methoxy groups -OCH3 is 2. The van der Waals surface area contributed by atoms with Gasteiger partial charge in [0.2, 0.25) is 0 Å². The van der Waals surface area contributed by atoms with Crippen LogP contribution in [-0.4, -0.2) is 36.3 Å². The number of hydrogen-bond donors (Lipinski definition) is 2. The Morgan fingerprint density at radius 3 is 2.62 bits per heavy atom. The molecule has 0 fully saturated rings. The Morgan fingerprint density at radius 2 is 1.88 bits per heavy atom. The molecule has 1 heterocycles. The highest BCUT2D eigenvalue weighted by atomic mass is 32.2. The van der Waals surface area contributed by atoms with Crippen LogP contribution in [0.1, 0.15) is 21.5 Å². The zero-order chi connectivity index (χ0) is 22.3. The molecular formula is C24H22N4O3S. The molecule has 4 aromatic rings. The van der Waals surface area contributed by atoms with Crippen molar-refractivity contribution in [1.82, 2.24) is 15.4 Å². The highest BCUT2D eigenvalue weighted by Crippen LogP contribution is 2.29. The number of H-pyrrole nitrogens is 1. The fraction of sp³-hybridized carbons (Fsp3) is 0.125. The number of ether oxygens (including phenoxy) is 2. The molecule has 32 heavy (non-hydrogen) atoms. The molecule has 3 aromatic carbocycles. The summed E-state index contributed by atoms with van der Waals surface area (Å²) in [6.45, 7) is 0. The molecular weight excluding hydrogens is 424 g/mol. The normalized spacial score (nSPS) is 11.1. The SMILES string of the molecule is COc1cccc(/C=N\NC(=O)c2ccc(CSc3nc4ccccc4[nH]3)cc2)c1OC. The number of imidazole rings is 1. The number of aromatic amines is 1. The number of hydrogen-bond acceptors (Lipinski definition) is 6. The second-order valence-electron chi connectivity index (χ2n) is 6.83. The summed E-state index contributed by atoms with van der Waals surface area (Å²) in [7, 11) is 3.13. The van der Waals surface area contributed by atoms with Crippen molar-refractivity contribution in [1.29, 1.82) is 0 Å². The quantitative estimate of drug-likeness (QED) is 0.234. The van der Waals surface area contributed by atoms with Gasteiger partial charge < -0.3 is 14.5 Å². The maximum atomic E-state index is 12.4. The van der Waals surface area contributed by atoms with Crippen LogP contribution in [0.3, 0.4) is 0 Å². The van der Waals surface area contributed by atoms with Crippen LogP contribution in [0, 0.1) is 0 Å². The first-order valence-corrected chi connectivity index (χ1v) is 10.9. The molecule has 7 nitrogen and oxygen atoms in total. The van der Waals surface area contributed by atoms with Gasteiger partial charge in [0.15, 0.2) is 16.7 Å². The van der Waals surface area contributed by atoms with Crippen molar-refractivity contribution in [3.8, 4) is 11.5 Å². The van der Waals surface area contributed by atoms with Gasteiger partial charge in [-0.1, -0.05) is 42.1 Å². The van der Waals surface area contributed by atoms with Crippen LogP contribution < -0.4 is 14.9 Å². The number of aromatic nitrogens is 2. The van der Waals surface area contributed by atoms with Gasteiger partial charge in [-0.2, -0.15) is 5.10 Å². The third kappa shape index (κ3) is 4.92. The second-order valence-corrected chi connectivity index (χ2v) is 7.79. The number of para-hydroxylation sites is 3. The average Bonchev–Trinajstić information content (AvgIpc) is 3.26. The summed E-state index contributed by atoms with van der Waals surface area (Å²) in [6, 6.07) is 20.8. The van der Waals surface area contributed by atoms with E-state index in [0.717, 1.165) is 27.5 Å². The van der Waals surface area contributed by atoms with Gasteiger partial charge in [-0.05, 0) is 42.0 Å². The Kier molecular flexibility index (Phi) is 6.72. The topological polar surface area (TPSA) is 88.6 Å². The smallest absolute Gasteiger partial charge is 0.271 e. The first kappa shape index (κ1) is 21.5. The molecule has 0 aliphatic heterocycles. The molecule has 0 aliphatic rings. The molecule has 162 valence electrons. The molecule has 0 bridgehead atoms. The molecule has 0 aliphatic carbocycles. The predicted molar refractivity (Wildman–Crippen MR) is 127 cm³/mol. The van der Waals surface area contributed by atoms with E-state index in [0.29, 0.717) is 22.6 Å². The van der Waals surface area contributed by atoms with E-state index in [4.69, 9.17) is 9.47 Å². The van der Waals surface area contributed by atoms with E-state index in [9.17, 15) is 4.79 Å². The number of benzene rings is 3. The lowest BCUT2D eigenvalue weighted by atomic mass is 10.1. The lowest BCUT2D eigenvalue weighted by Crippen LogP contribution is -2.17. The minimum atomic E-state index is -0.292. The van der Waals surface area contributed by atoms with Gasteiger partial charge in [-0.3, -0.25) is 4.79 Å². The Labute approximate surface area is 189 Å². The van der Waals surface area contributed by atoms with Gasteiger partial charge in [0.05, 0.1) is 31.5 Å². The molecule has 0 unspecified atom stereocenters. The summed E-state index contributed by atoms with van der Waals surface area (Å²) in [5.74, 6) is 1.60. The van der Waals surface area contributed by atoms with E-state index >= 15 is 0 Å². The van der Waals surface area contributed by atoms with Crippen molar-refractivity contribution in [2.45, 2.75) is 10.9 Å². The zero-order valence-electron chi connectivity index (χ0n) is 17.7. The Bertz CT molecular complexity index is 1220. The molecule has 0 radical (unpaired) electrons. The van der Waals surface area contributed by atoms with E-state index < -0.39 is 0 Å². The Hall–Kier alpha value is -3.78. The van der Waals surface area contributed by atoms with Crippen LogP contribution in [-0.2, 0) is 5.75 Å². The number of carbonyl (C=O) groups excluding carboxylic acids is 1. The lowest BCUT2D eigenvalue weighted by Gasteiger charge is -2.09. The summed E-state index contributed by atoms with van der Waals surface area (Å²) in [5.41, 5.74) is 6.84. The zero-order valence-corrected chi connectivity index (χ0v) is 18.5. The largest absolute Gasteiger partial charge is 0.493 e. The maximum absolute atomic E-state index is 12.4. The van der Waals surface area contributed by atoms with Crippen molar-refractivity contribution in [2.75, 3.05) is 14.2 Å². The molecule has 0 saturated heterocycles. The van der Waals surface area contributed by atoms with Gasteiger partial charge >= 0.3 is 0 Å². The van der Waals surface area contributed by atoms with Crippen LogP contribution in [0.4, 0.5) is 0 Å². The van der Waals surface area contributed by atoms with E-state index in [1.165, 1.54) is 6.21 Å². The van der Waals surface area contributed by atoms with Crippen molar-refractivity contribution in [2.24, 2.45) is 5.10 Å². The van der Waals surface area contributed by atoms with Gasteiger partial charge in [0.1, 0.15) is 0 Å². The standard InChI is InChI=1S/C24H22N4O3S/c1-30-21-9-5-6-18(22(21)31-2)14-25-28-23(29)17-12-10-16(11-13-17)15-32-24-26-19-7-3-4-8-20(19)27-24/h3-14H,15H2,1-2H3,(H,26,27)(H,28,29)/b25-14-. The molecule has 0 saturated carbocycles. The number of hydrazone groups is 1. The van der Waals surface area contributed by atoms with Gasteiger partial charge in [0.25, 0.3) is 5.91 Å². The van der Waals surface area contributed by atoms with Crippen LogP contribution in [0.15, 0.2) is 77.0 Å². The molecule has 8 heteroatoms. The maximum Gasteiger partial charge on any atom is 0.271 e. The van der Waals surface area contributed by atoms with Crippen LogP contribution >= 0.6 is 11.8 Å². The molecule has 0 atom stereocenters. The van der Waals surface area contributed by atoms with Crippen molar-refractivity contribution in [3.05, 3.63) is 83.4 Å². The number of rotatable bonds is 8. The lowest BCUT2D eigenvalue weighted by molar-refractivity contribution is 0.0955. The second kappa shape index (κ2) is 10.0. The third-order valence-corrected chi connectivity index (χ3v) is 5.71. The third-order valence-electron chi connectivity index (χ3n) is 4.76. The highest BCUT2D eigenvalue weighted by Gasteiger charge is 2.09. The number of fused-ring (bicyclic) bond motifs is 1. The van der Waals surface area contributed by atoms with E-state index in [1.54, 1.807) is 44.2 Å². The predicted octanol–water partition coefficient (Wildman–Crippen LogP) is 4.64. The van der Waals surface area contributed by atoms with Crippen molar-refractivity contribution >= 4 is 34.9 Å². The molecule has 2 N–H and O–H groups in total. The number of thioether (sulfide) groups is 1. The summed E-state index contributed by atoms with van der Waals surface area (Å²) in [5, 5.41) is 4.92. The summed E-state index contributed by atoms with van der Waals surface area (Å²) in [4.78, 5) is 20.3. The summed E-state index contributed by atoms with van der Waals surface area (Å²) in [6.07, 6.45) is 1.53. The van der Waals surface area contributed by atoms with Crippen LogP contribution in [0.5, 0.6) is 11.5 Å². The summed E-state index contributed by atoms with van der Waals surface area (Å²) >= 11 is 1.62. The minimum absolute atomic E-state index is 0.292. The number of nitrogens with one attached hydrogen (secondary N) is 2. The fourth-order valence-corrected chi connectivity index (χ4v) is 3.98. The fourth-order valence-electron chi connectivity index (χ4n) is 3.14. The minimum Gasteiger partial charge on any atom is -0.493 e. The van der Waals surface area contributed by atoms with E-state index in [-0.39, 0.29) is 5.91 Å². The number of nitrogens with zero attached hydrogens (tertiary/aromatic N) is 2. The van der Waals surface area contributed by atoms with Gasteiger partial charge in [-0.15, -0.1) is 0 Å². The van der Waals surface area contributed by atoms with Gasteiger partial charge in [-0.25, -0.2) is 10.4 Å². The van der Waals surface area contributed by atoms with E-state index in [1.807, 2.05) is 48.5 Å². The summed E-state index contributed by atoms with van der Waals surface area (Å²) < 4.78 is 10.6. The van der Waals surface area contributed by atoms with Crippen molar-refractivity contribution < 1.29 is 14.3 Å². The molecule has 1 amide bonds. The van der Waals surface area contributed by atoms with Crippen LogP contribution in [0.2, 0.25) is 0 Å². The van der Waals surface area contributed by atoms with E-state index in [2.05, 4.69) is 20.5 Å². The molecule has 4 rings (SSSR count). The Balaban J connectivity index is 1.34. The van der Waals surface area contributed by atoms with Gasteiger partial charge in [0, 0.05) is 16.9 Å². The van der Waals surface area contributed by atoms with Crippen LogP contribution in [0.25, 0.3) is 11.0 Å². The Morgan fingerprint density at radius 1 is 1.06 bits per heavy atom.